The second kappa shape index (κ2) is 7.19. The van der Waals surface area contributed by atoms with Crippen molar-refractivity contribution < 1.29 is 35.5 Å². The van der Waals surface area contributed by atoms with Crippen LogP contribution in [0, 0.1) is 12.8 Å². The third kappa shape index (κ3) is 5.72. The Morgan fingerprint density at radius 2 is 1.82 bits per heavy atom. The first-order valence-corrected chi connectivity index (χ1v) is 7.92. The van der Waals surface area contributed by atoms with Crippen molar-refractivity contribution in [1.29, 1.82) is 0 Å². The van der Waals surface area contributed by atoms with Crippen molar-refractivity contribution in [3.05, 3.63) is 30.1 Å². The maximum absolute atomic E-state index is 11.4. The van der Waals surface area contributed by atoms with Gasteiger partial charge in [-0.05, 0) is 25.3 Å². The molecule has 1 heterocycles. The van der Waals surface area contributed by atoms with E-state index in [0.29, 0.717) is 5.78 Å². The highest BCUT2D eigenvalue weighted by atomic mass is 32.2. The van der Waals surface area contributed by atoms with Crippen LogP contribution in [0.4, 0.5) is 13.2 Å². The number of Topliss-reactive ketones (excluding diaryl/α,β-unsaturated/α-hetero) is 1. The molecule has 1 saturated carbocycles. The molecule has 22 heavy (non-hydrogen) atoms. The SMILES string of the molecule is Cc1cc[n+](CC2CCCC2=O)cc1.O=S(=O)([O-])C(F)(F)F. The van der Waals surface area contributed by atoms with Crippen molar-refractivity contribution in [2.75, 3.05) is 0 Å². The zero-order chi connectivity index (χ0) is 17.0. The number of aromatic nitrogens is 1. The van der Waals surface area contributed by atoms with Gasteiger partial charge < -0.3 is 4.55 Å². The average Bonchev–Trinajstić information content (AvgIpc) is 2.76. The molecule has 1 fully saturated rings. The summed E-state index contributed by atoms with van der Waals surface area (Å²) in [5.74, 6) is 0.709. The number of carbonyl (C=O) groups excluding carboxylic acids is 1. The number of halogens is 3. The number of hydrogen-bond donors (Lipinski definition) is 0. The van der Waals surface area contributed by atoms with Crippen LogP contribution in [0.25, 0.3) is 0 Å². The lowest BCUT2D eigenvalue weighted by Gasteiger charge is -2.08. The summed E-state index contributed by atoms with van der Waals surface area (Å²) in [6.07, 6.45) is 7.05. The minimum atomic E-state index is -6.09. The van der Waals surface area contributed by atoms with Crippen LogP contribution in [0.1, 0.15) is 24.8 Å². The van der Waals surface area contributed by atoms with Gasteiger partial charge in [0.2, 0.25) is 0 Å². The minimum Gasteiger partial charge on any atom is -0.741 e. The number of rotatable bonds is 2. The molecule has 0 aromatic carbocycles. The number of ketones is 1. The van der Waals surface area contributed by atoms with Crippen LogP contribution in [0.15, 0.2) is 24.5 Å². The van der Waals surface area contributed by atoms with Crippen LogP contribution < -0.4 is 4.57 Å². The summed E-state index contributed by atoms with van der Waals surface area (Å²) >= 11 is 0. The summed E-state index contributed by atoms with van der Waals surface area (Å²) in [5, 5.41) is 0. The molecule has 0 aliphatic heterocycles. The van der Waals surface area contributed by atoms with Gasteiger partial charge in [-0.15, -0.1) is 0 Å². The molecule has 0 amide bonds. The smallest absolute Gasteiger partial charge is 0.485 e. The van der Waals surface area contributed by atoms with Crippen LogP contribution in [-0.2, 0) is 21.5 Å². The van der Waals surface area contributed by atoms with Gasteiger partial charge in [0.1, 0.15) is 5.78 Å². The van der Waals surface area contributed by atoms with Gasteiger partial charge in [-0.2, -0.15) is 13.2 Å². The van der Waals surface area contributed by atoms with Crippen molar-refractivity contribution in [2.24, 2.45) is 5.92 Å². The second-order valence-corrected chi connectivity index (χ2v) is 6.40. The predicted molar refractivity (Wildman–Crippen MR) is 69.5 cm³/mol. The molecule has 124 valence electrons. The normalized spacial score (nSPS) is 18.8. The molecule has 1 aromatic heterocycles. The Morgan fingerprint density at radius 3 is 2.18 bits per heavy atom. The van der Waals surface area contributed by atoms with Crippen molar-refractivity contribution in [1.82, 2.24) is 0 Å². The van der Waals surface area contributed by atoms with E-state index < -0.39 is 15.6 Å². The Hall–Kier alpha value is -1.48. The Bertz CT molecular complexity index is 611. The van der Waals surface area contributed by atoms with E-state index in [9.17, 15) is 18.0 Å². The standard InChI is InChI=1S/C12H16NO.CHF3O3S/c1-10-5-7-13(8-6-10)9-11-3-2-4-12(11)14;2-1(3,4)8(5,6)7/h5-8,11H,2-4,9H2,1H3;(H,5,6,7)/q+1;/p-1. The van der Waals surface area contributed by atoms with Gasteiger partial charge in [0.05, 0.1) is 5.92 Å². The van der Waals surface area contributed by atoms with Crippen molar-refractivity contribution in [2.45, 2.75) is 38.2 Å². The summed E-state index contributed by atoms with van der Waals surface area (Å²) in [6.45, 7) is 2.93. The van der Waals surface area contributed by atoms with E-state index in [-0.39, 0.29) is 5.92 Å². The summed E-state index contributed by atoms with van der Waals surface area (Å²) in [5.41, 5.74) is -4.38. The van der Waals surface area contributed by atoms with Crippen LogP contribution >= 0.6 is 0 Å². The highest BCUT2D eigenvalue weighted by molar-refractivity contribution is 7.86. The van der Waals surface area contributed by atoms with Gasteiger partial charge >= 0.3 is 5.51 Å². The van der Waals surface area contributed by atoms with E-state index in [4.69, 9.17) is 13.0 Å². The topological polar surface area (TPSA) is 78.1 Å². The Labute approximate surface area is 126 Å². The van der Waals surface area contributed by atoms with E-state index >= 15 is 0 Å². The molecule has 1 aromatic rings. The van der Waals surface area contributed by atoms with E-state index in [1.165, 1.54) is 5.56 Å². The number of hydrogen-bond acceptors (Lipinski definition) is 4. The molecular weight excluding hydrogens is 323 g/mol. The molecule has 9 heteroatoms. The molecule has 0 spiro atoms. The number of nitrogens with zero attached hydrogens (tertiary/aromatic N) is 1. The quantitative estimate of drug-likeness (QED) is 0.467. The molecule has 1 aliphatic carbocycles. The average molecular weight is 339 g/mol. The third-order valence-corrected chi connectivity index (χ3v) is 3.77. The molecule has 1 atom stereocenters. The maximum atomic E-state index is 11.4. The molecule has 0 saturated heterocycles. The summed E-state index contributed by atoms with van der Waals surface area (Å²) in [4.78, 5) is 11.4. The highest BCUT2D eigenvalue weighted by Gasteiger charge is 2.36. The first kappa shape index (κ1) is 18.6. The number of pyridine rings is 1. The van der Waals surface area contributed by atoms with Gasteiger partial charge in [0.15, 0.2) is 29.1 Å². The predicted octanol–water partition coefficient (Wildman–Crippen LogP) is 1.70. The summed E-state index contributed by atoms with van der Waals surface area (Å²) in [7, 11) is -6.09. The lowest BCUT2D eigenvalue weighted by Crippen LogP contribution is -2.37. The molecule has 1 aliphatic rings. The fourth-order valence-electron chi connectivity index (χ4n) is 1.99. The Morgan fingerprint density at radius 1 is 1.32 bits per heavy atom. The van der Waals surface area contributed by atoms with E-state index in [2.05, 4.69) is 36.0 Å². The van der Waals surface area contributed by atoms with Crippen molar-refractivity contribution in [3.8, 4) is 0 Å². The Balaban J connectivity index is 0.000000261. The fourth-order valence-corrected chi connectivity index (χ4v) is 1.99. The third-order valence-electron chi connectivity index (χ3n) is 3.20. The molecule has 0 bridgehead atoms. The zero-order valence-electron chi connectivity index (χ0n) is 11.8. The molecule has 1 unspecified atom stereocenters. The molecule has 5 nitrogen and oxygen atoms in total. The van der Waals surface area contributed by atoms with Gasteiger partial charge in [-0.1, -0.05) is 0 Å². The van der Waals surface area contributed by atoms with Gasteiger partial charge in [0.25, 0.3) is 0 Å². The molecule has 2 rings (SSSR count). The number of carbonyl (C=O) groups is 1. The van der Waals surface area contributed by atoms with E-state index in [0.717, 1.165) is 25.8 Å². The molecule has 0 N–H and O–H groups in total. The number of aryl methyl sites for hydroxylation is 1. The van der Waals surface area contributed by atoms with E-state index in [1.807, 2.05) is 0 Å². The highest BCUT2D eigenvalue weighted by Crippen LogP contribution is 2.21. The first-order chi connectivity index (χ1) is 10.0. The summed E-state index contributed by atoms with van der Waals surface area (Å²) < 4.78 is 61.0. The van der Waals surface area contributed by atoms with Crippen molar-refractivity contribution in [3.63, 3.8) is 0 Å². The van der Waals surface area contributed by atoms with Crippen LogP contribution in [0.2, 0.25) is 0 Å². The van der Waals surface area contributed by atoms with Crippen molar-refractivity contribution >= 4 is 15.9 Å². The monoisotopic (exact) mass is 339 g/mol. The molecule has 0 radical (unpaired) electrons. The Kier molecular flexibility index (Phi) is 6.07. The summed E-state index contributed by atoms with van der Waals surface area (Å²) in [6, 6.07) is 4.17. The zero-order valence-corrected chi connectivity index (χ0v) is 12.7. The number of alkyl halides is 3. The van der Waals surface area contributed by atoms with Crippen LogP contribution in [0.3, 0.4) is 0 Å². The van der Waals surface area contributed by atoms with Gasteiger partial charge in [-0.25, -0.2) is 13.0 Å². The maximum Gasteiger partial charge on any atom is 0.485 e. The second-order valence-electron chi connectivity index (χ2n) is 5.03. The van der Waals surface area contributed by atoms with Gasteiger partial charge in [0, 0.05) is 18.6 Å². The van der Waals surface area contributed by atoms with Crippen LogP contribution in [-0.4, -0.2) is 24.3 Å². The first-order valence-electron chi connectivity index (χ1n) is 6.51. The molecular formula is C13H16F3NO4S. The lowest BCUT2D eigenvalue weighted by atomic mass is 10.1. The largest absolute Gasteiger partial charge is 0.741 e. The van der Waals surface area contributed by atoms with Crippen LogP contribution in [0.5, 0.6) is 0 Å². The fraction of sp³-hybridized carbons (Fsp3) is 0.538. The minimum absolute atomic E-state index is 0.266. The lowest BCUT2D eigenvalue weighted by molar-refractivity contribution is -0.701. The van der Waals surface area contributed by atoms with E-state index in [1.54, 1.807) is 0 Å². The van der Waals surface area contributed by atoms with Gasteiger partial charge in [-0.3, -0.25) is 4.79 Å².